The van der Waals surface area contributed by atoms with E-state index in [4.69, 9.17) is 0 Å². The summed E-state index contributed by atoms with van der Waals surface area (Å²) in [6, 6.07) is 0. The molecule has 0 aliphatic rings. The van der Waals surface area contributed by atoms with Gasteiger partial charge in [-0.2, -0.15) is 8.78 Å². The molecule has 0 aromatic rings. The number of esters is 2. The van der Waals surface area contributed by atoms with Crippen LogP contribution >= 0.6 is 0 Å². The van der Waals surface area contributed by atoms with Crippen LogP contribution in [-0.4, -0.2) is 31.6 Å². The van der Waals surface area contributed by atoms with Gasteiger partial charge in [-0.1, -0.05) is 51.9 Å². The number of hydrogen-bond acceptors (Lipinski definition) is 4. The average molecular weight is 350 g/mol. The van der Waals surface area contributed by atoms with Gasteiger partial charge >= 0.3 is 17.9 Å². The van der Waals surface area contributed by atoms with E-state index in [1.165, 1.54) is 7.11 Å². The summed E-state index contributed by atoms with van der Waals surface area (Å²) in [5.41, 5.74) is 0. The van der Waals surface area contributed by atoms with Crippen molar-refractivity contribution in [1.82, 2.24) is 0 Å². The van der Waals surface area contributed by atoms with Crippen LogP contribution in [0.5, 0.6) is 0 Å². The number of carbonyl (C=O) groups excluding carboxylic acids is 2. The minimum Gasteiger partial charge on any atom is -0.469 e. The molecule has 0 saturated carbocycles. The molecule has 0 radical (unpaired) electrons. The van der Waals surface area contributed by atoms with Crippen LogP contribution in [0.1, 0.15) is 84.0 Å². The van der Waals surface area contributed by atoms with Gasteiger partial charge in [0.2, 0.25) is 0 Å². The van der Waals surface area contributed by atoms with Crippen molar-refractivity contribution in [1.29, 1.82) is 0 Å². The molecule has 0 unspecified atom stereocenters. The number of halogens is 2. The van der Waals surface area contributed by atoms with Crippen molar-refractivity contribution >= 4 is 11.9 Å². The zero-order valence-electron chi connectivity index (χ0n) is 15.1. The molecule has 0 amide bonds. The van der Waals surface area contributed by atoms with Crippen molar-refractivity contribution in [3.05, 3.63) is 0 Å². The van der Waals surface area contributed by atoms with Crippen LogP contribution in [0, 0.1) is 0 Å². The van der Waals surface area contributed by atoms with E-state index in [1.54, 1.807) is 0 Å². The summed E-state index contributed by atoms with van der Waals surface area (Å²) in [7, 11) is 1.37. The third kappa shape index (κ3) is 12.3. The maximum Gasteiger partial charge on any atom is 0.376 e. The van der Waals surface area contributed by atoms with Gasteiger partial charge in [0, 0.05) is 12.8 Å². The average Bonchev–Trinajstić information content (AvgIpc) is 2.56. The van der Waals surface area contributed by atoms with E-state index in [0.29, 0.717) is 19.3 Å². The Kier molecular flexibility index (Phi) is 13.5. The smallest absolute Gasteiger partial charge is 0.376 e. The van der Waals surface area contributed by atoms with Gasteiger partial charge in [0.1, 0.15) is 0 Å². The Balaban J connectivity index is 3.55. The van der Waals surface area contributed by atoms with Gasteiger partial charge < -0.3 is 9.47 Å². The molecule has 0 heterocycles. The fraction of sp³-hybridized carbons (Fsp3) is 0.889. The second kappa shape index (κ2) is 14.2. The molecule has 0 aromatic heterocycles. The summed E-state index contributed by atoms with van der Waals surface area (Å²) in [6.45, 7) is 2.05. The van der Waals surface area contributed by atoms with Crippen LogP contribution < -0.4 is 0 Å². The van der Waals surface area contributed by atoms with E-state index < -0.39 is 18.3 Å². The Morgan fingerprint density at radius 2 is 1.46 bits per heavy atom. The molecule has 0 fully saturated rings. The van der Waals surface area contributed by atoms with E-state index in [0.717, 1.165) is 51.4 Å². The zero-order chi connectivity index (χ0) is 18.3. The quantitative estimate of drug-likeness (QED) is 0.307. The van der Waals surface area contributed by atoms with Crippen molar-refractivity contribution in [3.8, 4) is 0 Å². The molecule has 0 atom stereocenters. The summed E-state index contributed by atoms with van der Waals surface area (Å²) in [5.74, 6) is -4.95. The second-order valence-electron chi connectivity index (χ2n) is 6.10. The Hall–Kier alpha value is -1.20. The van der Waals surface area contributed by atoms with Gasteiger partial charge in [0.25, 0.3) is 0 Å². The fourth-order valence-corrected chi connectivity index (χ4v) is 2.33. The molecule has 0 N–H and O–H groups in total. The van der Waals surface area contributed by atoms with Gasteiger partial charge in [0.15, 0.2) is 0 Å². The topological polar surface area (TPSA) is 52.6 Å². The SMILES string of the molecule is CCCCCCC(F)(F)C(=O)OCCCCCCCCC(=O)OC. The van der Waals surface area contributed by atoms with Gasteiger partial charge in [-0.3, -0.25) is 4.79 Å². The van der Waals surface area contributed by atoms with Crippen molar-refractivity contribution in [3.63, 3.8) is 0 Å². The summed E-state index contributed by atoms with van der Waals surface area (Å²) >= 11 is 0. The Labute approximate surface area is 144 Å². The molecule has 6 heteroatoms. The van der Waals surface area contributed by atoms with Crippen molar-refractivity contribution in [2.45, 2.75) is 89.9 Å². The third-order valence-electron chi connectivity index (χ3n) is 3.88. The highest BCUT2D eigenvalue weighted by Crippen LogP contribution is 2.24. The monoisotopic (exact) mass is 350 g/mol. The van der Waals surface area contributed by atoms with E-state index in [1.807, 2.05) is 6.92 Å². The van der Waals surface area contributed by atoms with Crippen LogP contribution in [-0.2, 0) is 19.1 Å². The molecule has 0 spiro atoms. The van der Waals surface area contributed by atoms with Crippen molar-refractivity contribution in [2.75, 3.05) is 13.7 Å². The Morgan fingerprint density at radius 3 is 2.08 bits per heavy atom. The molecule has 0 bridgehead atoms. The molecule has 24 heavy (non-hydrogen) atoms. The molecule has 4 nitrogen and oxygen atoms in total. The number of hydrogen-bond donors (Lipinski definition) is 0. The largest absolute Gasteiger partial charge is 0.469 e. The van der Waals surface area contributed by atoms with Crippen LogP contribution in [0.2, 0.25) is 0 Å². The predicted molar refractivity (Wildman–Crippen MR) is 89.0 cm³/mol. The first kappa shape index (κ1) is 22.8. The molecular formula is C18H32F2O4. The van der Waals surface area contributed by atoms with Crippen LogP contribution in [0.3, 0.4) is 0 Å². The first-order valence-corrected chi connectivity index (χ1v) is 9.06. The van der Waals surface area contributed by atoms with Crippen LogP contribution in [0.25, 0.3) is 0 Å². The first-order valence-electron chi connectivity index (χ1n) is 9.06. The maximum atomic E-state index is 13.5. The van der Waals surface area contributed by atoms with Gasteiger partial charge in [-0.05, 0) is 19.3 Å². The van der Waals surface area contributed by atoms with Gasteiger partial charge in [-0.25, -0.2) is 4.79 Å². The zero-order valence-corrected chi connectivity index (χ0v) is 15.1. The second-order valence-corrected chi connectivity index (χ2v) is 6.10. The van der Waals surface area contributed by atoms with E-state index in [-0.39, 0.29) is 12.6 Å². The number of ether oxygens (including phenoxy) is 2. The molecule has 0 aliphatic heterocycles. The number of unbranched alkanes of at least 4 members (excludes halogenated alkanes) is 8. The maximum absolute atomic E-state index is 13.5. The highest BCUT2D eigenvalue weighted by molar-refractivity contribution is 5.77. The Morgan fingerprint density at radius 1 is 0.875 bits per heavy atom. The van der Waals surface area contributed by atoms with Crippen molar-refractivity contribution < 1.29 is 27.8 Å². The van der Waals surface area contributed by atoms with E-state index in [9.17, 15) is 18.4 Å². The lowest BCUT2D eigenvalue weighted by atomic mass is 10.1. The normalized spacial score (nSPS) is 11.3. The van der Waals surface area contributed by atoms with Crippen molar-refractivity contribution in [2.24, 2.45) is 0 Å². The lowest BCUT2D eigenvalue weighted by Gasteiger charge is -2.15. The third-order valence-corrected chi connectivity index (χ3v) is 3.88. The summed E-state index contributed by atoms with van der Waals surface area (Å²) < 4.78 is 36.3. The lowest BCUT2D eigenvalue weighted by Crippen LogP contribution is -2.31. The van der Waals surface area contributed by atoms with Gasteiger partial charge in [-0.15, -0.1) is 0 Å². The number of rotatable bonds is 15. The molecule has 0 rings (SSSR count). The summed E-state index contributed by atoms with van der Waals surface area (Å²) in [6.07, 6.45) is 8.01. The van der Waals surface area contributed by atoms with E-state index in [2.05, 4.69) is 9.47 Å². The van der Waals surface area contributed by atoms with Crippen LogP contribution in [0.15, 0.2) is 0 Å². The highest BCUT2D eigenvalue weighted by atomic mass is 19.3. The minimum atomic E-state index is -3.36. The standard InChI is InChI=1S/C18H32F2O4/c1-3-4-5-11-14-18(19,20)17(22)24-15-12-9-7-6-8-10-13-16(21)23-2/h3-15H2,1-2H3. The molecule has 0 saturated heterocycles. The summed E-state index contributed by atoms with van der Waals surface area (Å²) in [5, 5.41) is 0. The predicted octanol–water partition coefficient (Wildman–Crippen LogP) is 5.04. The van der Waals surface area contributed by atoms with E-state index >= 15 is 0 Å². The molecular weight excluding hydrogens is 318 g/mol. The number of carbonyl (C=O) groups is 2. The first-order chi connectivity index (χ1) is 11.4. The lowest BCUT2D eigenvalue weighted by molar-refractivity contribution is -0.173. The number of alkyl halides is 2. The van der Waals surface area contributed by atoms with Gasteiger partial charge in [0.05, 0.1) is 13.7 Å². The minimum absolute atomic E-state index is 0.0472. The van der Waals surface area contributed by atoms with Crippen LogP contribution in [0.4, 0.5) is 8.78 Å². The fourth-order valence-electron chi connectivity index (χ4n) is 2.33. The highest BCUT2D eigenvalue weighted by Gasteiger charge is 2.39. The number of methoxy groups -OCH3 is 1. The molecule has 0 aromatic carbocycles. The molecule has 142 valence electrons. The Bertz CT molecular complexity index is 346. The molecule has 0 aliphatic carbocycles. The summed E-state index contributed by atoms with van der Waals surface area (Å²) in [4.78, 5) is 22.3.